The molecule has 0 aliphatic rings. The molecule has 22 aromatic carbocycles. The van der Waals surface area contributed by atoms with Crippen LogP contribution < -0.4 is 19.6 Å². The van der Waals surface area contributed by atoms with Gasteiger partial charge in [0.1, 0.15) is 22.3 Å². The minimum Gasteiger partial charge on any atom is -0.454 e. The summed E-state index contributed by atoms with van der Waals surface area (Å²) in [7, 11) is 0. The van der Waals surface area contributed by atoms with E-state index in [2.05, 4.69) is 477 Å². The number of benzene rings is 22. The van der Waals surface area contributed by atoms with E-state index in [0.29, 0.717) is 0 Å². The number of nitrogens with zero attached hydrogens (tertiary/aromatic N) is 8. The Kier molecular flexibility index (Phi) is 16.4. The zero-order valence-corrected chi connectivity index (χ0v) is 80.8. The van der Waals surface area contributed by atoms with Crippen LogP contribution in [0.25, 0.3) is 240 Å². The average molecular weight is 1890 g/mol. The molecule has 0 aliphatic carbocycles. The summed E-state index contributed by atoms with van der Waals surface area (Å²) in [5.41, 5.74) is 38.8. The topological polar surface area (TPSA) is 83.2 Å². The van der Waals surface area contributed by atoms with E-state index in [9.17, 15) is 0 Å². The third-order valence-electron chi connectivity index (χ3n) is 32.1. The van der Waals surface area contributed by atoms with Gasteiger partial charge >= 0.3 is 0 Å². The molecule has 692 valence electrons. The van der Waals surface area contributed by atoms with Crippen molar-refractivity contribution < 1.29 is 17.7 Å². The fourth-order valence-electron chi connectivity index (χ4n) is 25.7. The van der Waals surface area contributed by atoms with Gasteiger partial charge in [-0.2, -0.15) is 0 Å². The molecule has 12 aromatic heterocycles. The first-order valence-electron chi connectivity index (χ1n) is 50.8. The summed E-state index contributed by atoms with van der Waals surface area (Å²) in [5, 5.41) is 28.7. The molecule has 12 heteroatoms. The van der Waals surface area contributed by atoms with Crippen molar-refractivity contribution in [3.63, 3.8) is 0 Å². The van der Waals surface area contributed by atoms with E-state index < -0.39 is 0 Å². The number of hydrogen-bond donors (Lipinski definition) is 0. The maximum Gasteiger partial charge on any atom is 0.159 e. The zero-order chi connectivity index (χ0) is 97.0. The molecule has 0 fully saturated rings. The molecule has 0 radical (unpaired) electrons. The molecule has 12 nitrogen and oxygen atoms in total. The van der Waals surface area contributed by atoms with Gasteiger partial charge in [-0.1, -0.05) is 278 Å². The summed E-state index contributed by atoms with van der Waals surface area (Å²) < 4.78 is 37.0. The van der Waals surface area contributed by atoms with Gasteiger partial charge in [-0.05, 0) is 209 Å². The Bertz CT molecular complexity index is 11000. The lowest BCUT2D eigenvalue weighted by atomic mass is 10.0. The van der Waals surface area contributed by atoms with Crippen LogP contribution in [0.2, 0.25) is 0 Å². The molecular weight excluding hydrogens is 1810 g/mol. The number of fused-ring (bicyclic) bond motifs is 36. The molecule has 34 rings (SSSR count). The molecular formula is C136H84N8O4. The quantitative estimate of drug-likeness (QED) is 0.120. The van der Waals surface area contributed by atoms with Gasteiger partial charge in [0.15, 0.2) is 22.3 Å². The molecule has 34 aromatic rings. The van der Waals surface area contributed by atoms with Gasteiger partial charge in [0, 0.05) is 175 Å². The predicted molar refractivity (Wildman–Crippen MR) is 618 cm³/mol. The summed E-state index contributed by atoms with van der Waals surface area (Å²) in [6, 6.07) is 160. The minimum absolute atomic E-state index is 0.867. The van der Waals surface area contributed by atoms with Crippen LogP contribution >= 0.6 is 0 Å². The molecule has 0 bridgehead atoms. The fraction of sp³-hybridized carbons (Fsp3) is 0.0294. The second-order valence-electron chi connectivity index (χ2n) is 40.4. The zero-order valence-electron chi connectivity index (χ0n) is 80.8. The number of para-hydroxylation sites is 12. The Labute approximate surface area is 844 Å². The van der Waals surface area contributed by atoms with Crippen molar-refractivity contribution in [1.82, 2.24) is 17.6 Å². The number of aryl methyl sites for hydroxylation is 4. The Morgan fingerprint density at radius 1 is 0.142 bits per heavy atom. The van der Waals surface area contributed by atoms with Gasteiger partial charge < -0.3 is 54.9 Å². The Hall–Kier alpha value is -19.6. The molecule has 0 saturated carbocycles. The van der Waals surface area contributed by atoms with E-state index >= 15 is 0 Å². The second kappa shape index (κ2) is 30.0. The number of aromatic nitrogens is 4. The molecule has 148 heavy (non-hydrogen) atoms. The highest BCUT2D eigenvalue weighted by Crippen LogP contribution is 2.55. The standard InChI is InChI=1S/2C68H42N4O2/c1-39-13-7-15-41(33-39)69(57-25-11-23-53-47-17-3-5-27-63(47)73-67(53)57)43-29-31-45-49-19-9-21-51-55-38-62-56(37-61(55)71(65(49)51)59(45)35-43)52-22-10-20-50-46-32-30-44(36-60(46)72(62)66(50)52)70(42-16-8-14-40(2)34-42)58-26-12-24-54-48-18-4-6-28-64(48)74-68(54)58;1-39-23-27-41(28-24-39)69(57-19-9-17-53-47-11-3-5-21-63(47)73-67(53)57)43-31-33-45-49-13-7-15-51-55-38-62-56(37-61(55)71(65(49)51)59(45)35-43)52-16-8-14-50-46-34-32-44(36-60(46)72(62)66(50)52)70(42-29-25-40(2)26-30-42)58-20-10-18-54-48-12-4-6-22-64(48)74-68(54)58/h2*3-38H,1-2H3. The first-order chi connectivity index (χ1) is 73.0. The van der Waals surface area contributed by atoms with Crippen LogP contribution in [-0.2, 0) is 0 Å². The summed E-state index contributed by atoms with van der Waals surface area (Å²) in [4.78, 5) is 9.45. The fourth-order valence-corrected chi connectivity index (χ4v) is 25.7. The monoisotopic (exact) mass is 1890 g/mol. The number of rotatable bonds is 12. The summed E-state index contributed by atoms with van der Waals surface area (Å²) in [5.74, 6) is 0. The highest BCUT2D eigenvalue weighted by molar-refractivity contribution is 6.33. The second-order valence-corrected chi connectivity index (χ2v) is 40.4. The van der Waals surface area contributed by atoms with Crippen molar-refractivity contribution in [2.24, 2.45) is 0 Å². The van der Waals surface area contributed by atoms with E-state index in [4.69, 9.17) is 17.7 Å². The largest absolute Gasteiger partial charge is 0.454 e. The third kappa shape index (κ3) is 11.3. The summed E-state index contributed by atoms with van der Waals surface area (Å²) >= 11 is 0. The molecule has 12 heterocycles. The lowest BCUT2D eigenvalue weighted by Crippen LogP contribution is -2.10. The number of anilines is 12. The minimum atomic E-state index is 0.867. The maximum atomic E-state index is 6.72. The third-order valence-corrected chi connectivity index (χ3v) is 32.1. The molecule has 0 saturated heterocycles. The first-order valence-corrected chi connectivity index (χ1v) is 50.8. The van der Waals surface area contributed by atoms with Crippen LogP contribution in [0.4, 0.5) is 68.2 Å². The van der Waals surface area contributed by atoms with Gasteiger partial charge in [-0.15, -0.1) is 0 Å². The predicted octanol–water partition coefficient (Wildman–Crippen LogP) is 38.7. The molecule has 0 spiro atoms. The van der Waals surface area contributed by atoms with Crippen LogP contribution in [0.5, 0.6) is 0 Å². The molecule has 0 amide bonds. The van der Waals surface area contributed by atoms with Crippen LogP contribution in [0.3, 0.4) is 0 Å². The first kappa shape index (κ1) is 81.0. The summed E-state index contributed by atoms with van der Waals surface area (Å²) in [6.07, 6.45) is 0. The number of hydrogen-bond acceptors (Lipinski definition) is 8. The van der Waals surface area contributed by atoms with Crippen LogP contribution in [-0.4, -0.2) is 17.6 Å². The van der Waals surface area contributed by atoms with E-state index in [0.717, 1.165) is 156 Å². The van der Waals surface area contributed by atoms with Crippen molar-refractivity contribution in [1.29, 1.82) is 0 Å². The van der Waals surface area contributed by atoms with Gasteiger partial charge in [-0.3, -0.25) is 0 Å². The molecule has 0 unspecified atom stereocenters. The average Bonchev–Trinajstić information content (AvgIpc) is 1.52. The Morgan fingerprint density at radius 3 is 0.608 bits per heavy atom. The highest BCUT2D eigenvalue weighted by atomic mass is 16.3. The maximum absolute atomic E-state index is 6.72. The van der Waals surface area contributed by atoms with E-state index in [1.807, 2.05) is 24.3 Å². The van der Waals surface area contributed by atoms with E-state index in [1.165, 1.54) is 175 Å². The Morgan fingerprint density at radius 2 is 0.345 bits per heavy atom. The van der Waals surface area contributed by atoms with Gasteiger partial charge in [0.05, 0.1) is 88.9 Å². The SMILES string of the molecule is Cc1ccc(N(c2ccc3c4cccc5c6cc7c(cc6n(c3c2)c45)c2cccc3c4ccc(N(c5ccc(C)cc5)c5cccc6c5oc5ccccc56)cc4n7c32)c2cccc3c2oc2ccccc23)cc1.Cc1cccc(N(c2ccc3c4cccc5c6cc7c(cc6n(c3c2)c45)c2cccc3c4ccc(N(c5cccc(C)c5)c5cccc6c5oc5ccccc56)cc4n7c32)c2cccc3c2oc2ccccc23)c1. The molecule has 0 aliphatic heterocycles. The lowest BCUT2D eigenvalue weighted by Gasteiger charge is -2.26. The van der Waals surface area contributed by atoms with Crippen molar-refractivity contribution in [3.05, 3.63) is 459 Å². The van der Waals surface area contributed by atoms with Crippen LogP contribution in [0, 0.1) is 27.7 Å². The normalized spacial score (nSPS) is 12.5. The lowest BCUT2D eigenvalue weighted by molar-refractivity contribution is 0.668. The van der Waals surface area contributed by atoms with Crippen LogP contribution in [0.15, 0.2) is 454 Å². The number of furan rings is 4. The van der Waals surface area contributed by atoms with E-state index in [1.54, 1.807) is 0 Å². The van der Waals surface area contributed by atoms with Crippen molar-refractivity contribution >= 4 is 308 Å². The van der Waals surface area contributed by atoms with Crippen molar-refractivity contribution in [2.45, 2.75) is 27.7 Å². The smallest absolute Gasteiger partial charge is 0.159 e. The highest BCUT2D eigenvalue weighted by Gasteiger charge is 2.32. The van der Waals surface area contributed by atoms with E-state index in [-0.39, 0.29) is 0 Å². The Balaban J connectivity index is 0.000000129. The molecule has 0 atom stereocenters. The summed E-state index contributed by atoms with van der Waals surface area (Å²) in [6.45, 7) is 8.60. The van der Waals surface area contributed by atoms with Crippen molar-refractivity contribution in [2.75, 3.05) is 19.6 Å². The van der Waals surface area contributed by atoms with Gasteiger partial charge in [-0.25, -0.2) is 0 Å². The van der Waals surface area contributed by atoms with Gasteiger partial charge in [0.2, 0.25) is 0 Å². The van der Waals surface area contributed by atoms with Crippen molar-refractivity contribution in [3.8, 4) is 0 Å². The van der Waals surface area contributed by atoms with Crippen LogP contribution in [0.1, 0.15) is 22.3 Å². The van der Waals surface area contributed by atoms with Gasteiger partial charge in [0.25, 0.3) is 0 Å². The molecule has 0 N–H and O–H groups in total.